The number of anilines is 3. The van der Waals surface area contributed by atoms with Crippen molar-refractivity contribution in [2.45, 2.75) is 19.3 Å². The largest absolute Gasteiger partial charge is 0.456 e. The maximum atomic E-state index is 6.67. The Morgan fingerprint density at radius 3 is 2.07 bits per heavy atom. The Kier molecular flexibility index (Phi) is 6.82. The predicted octanol–water partition coefficient (Wildman–Crippen LogP) is 15.2. The third kappa shape index (κ3) is 4.82. The van der Waals surface area contributed by atoms with Crippen molar-refractivity contribution in [2.75, 3.05) is 4.90 Å². The molecule has 12 rings (SSSR count). The van der Waals surface area contributed by atoms with Crippen LogP contribution in [-0.2, 0) is 5.41 Å². The van der Waals surface area contributed by atoms with Crippen LogP contribution in [-0.4, -0.2) is 4.98 Å². The van der Waals surface area contributed by atoms with Crippen molar-refractivity contribution < 1.29 is 8.83 Å². The molecule has 0 spiro atoms. The number of hydrogen-bond acceptors (Lipinski definition) is 5. The summed E-state index contributed by atoms with van der Waals surface area (Å²) in [5.41, 5.74) is 14.6. The van der Waals surface area contributed by atoms with Crippen molar-refractivity contribution >= 4 is 81.6 Å². The first-order valence-corrected chi connectivity index (χ1v) is 20.2. The fourth-order valence-electron chi connectivity index (χ4n) is 9.18. The van der Waals surface area contributed by atoms with Crippen molar-refractivity contribution in [3.63, 3.8) is 0 Å². The lowest BCUT2D eigenvalue weighted by Gasteiger charge is -2.27. The zero-order chi connectivity index (χ0) is 37.8. The molecule has 0 N–H and O–H groups in total. The summed E-state index contributed by atoms with van der Waals surface area (Å²) < 4.78 is 15.7. The van der Waals surface area contributed by atoms with Crippen molar-refractivity contribution in [2.24, 2.45) is 0 Å². The van der Waals surface area contributed by atoms with Gasteiger partial charge in [0.2, 0.25) is 5.89 Å². The van der Waals surface area contributed by atoms with Crippen molar-refractivity contribution in [1.29, 1.82) is 0 Å². The normalized spacial score (nSPS) is 13.2. The van der Waals surface area contributed by atoms with Crippen LogP contribution in [0.25, 0.3) is 86.9 Å². The Morgan fingerprint density at radius 1 is 0.509 bits per heavy atom. The maximum Gasteiger partial charge on any atom is 0.227 e. The van der Waals surface area contributed by atoms with Crippen LogP contribution in [0.5, 0.6) is 0 Å². The van der Waals surface area contributed by atoms with Gasteiger partial charge in [0.05, 0.1) is 0 Å². The van der Waals surface area contributed by atoms with E-state index in [1.165, 1.54) is 42.4 Å². The first kappa shape index (κ1) is 32.3. The van der Waals surface area contributed by atoms with Crippen LogP contribution in [0.15, 0.2) is 179 Å². The molecule has 57 heavy (non-hydrogen) atoms. The number of rotatable bonds is 5. The highest BCUT2D eigenvalue weighted by Gasteiger charge is 2.35. The summed E-state index contributed by atoms with van der Waals surface area (Å²) in [6.07, 6.45) is 0. The van der Waals surface area contributed by atoms with Gasteiger partial charge >= 0.3 is 0 Å². The van der Waals surface area contributed by atoms with Crippen LogP contribution in [0.4, 0.5) is 17.1 Å². The third-order valence-corrected chi connectivity index (χ3v) is 13.0. The standard InChI is InChI=1S/C52H34N2O2S/c1-52(2)41-17-9-6-14-36(41)40-28-34(25-27-42(40)52)54(35-24-26-38-37-15-8-11-19-46(37)57-47(38)29-35)33-22-20-31(21-23-33)48-49-39-16-7-10-18-44(39)55-45(49)30-43-50(48)56-51(53-43)32-12-4-3-5-13-32/h3-30H,1-2H3. The smallest absolute Gasteiger partial charge is 0.227 e. The Bertz CT molecular complexity index is 3390. The molecule has 5 heteroatoms. The fourth-order valence-corrected chi connectivity index (χ4v) is 10.3. The summed E-state index contributed by atoms with van der Waals surface area (Å²) in [5, 5.41) is 4.65. The van der Waals surface area contributed by atoms with Gasteiger partial charge in [-0.1, -0.05) is 117 Å². The summed E-state index contributed by atoms with van der Waals surface area (Å²) in [6, 6.07) is 60.7. The Hall–Kier alpha value is -6.95. The second-order valence-electron chi connectivity index (χ2n) is 15.5. The molecule has 1 aliphatic rings. The second-order valence-corrected chi connectivity index (χ2v) is 16.6. The van der Waals surface area contributed by atoms with Gasteiger partial charge in [-0.2, -0.15) is 0 Å². The van der Waals surface area contributed by atoms with Gasteiger partial charge in [-0.05, 0) is 88.5 Å². The topological polar surface area (TPSA) is 42.4 Å². The molecule has 3 aromatic heterocycles. The van der Waals surface area contributed by atoms with E-state index in [1.54, 1.807) is 0 Å². The highest BCUT2D eigenvalue weighted by Crippen LogP contribution is 2.51. The number of nitrogens with zero attached hydrogens (tertiary/aromatic N) is 2. The molecule has 0 bridgehead atoms. The van der Waals surface area contributed by atoms with Crippen LogP contribution in [0.3, 0.4) is 0 Å². The van der Waals surface area contributed by atoms with Gasteiger partial charge < -0.3 is 13.7 Å². The van der Waals surface area contributed by atoms with Crippen LogP contribution in [0, 0.1) is 0 Å². The summed E-state index contributed by atoms with van der Waals surface area (Å²) in [4.78, 5) is 7.37. The van der Waals surface area contributed by atoms with E-state index >= 15 is 0 Å². The van der Waals surface area contributed by atoms with Gasteiger partial charge in [-0.15, -0.1) is 11.3 Å². The number of fused-ring (bicyclic) bond motifs is 10. The van der Waals surface area contributed by atoms with E-state index in [1.807, 2.05) is 59.9 Å². The number of para-hydroxylation sites is 1. The molecule has 1 aliphatic carbocycles. The zero-order valence-electron chi connectivity index (χ0n) is 31.3. The van der Waals surface area contributed by atoms with Gasteiger partial charge in [0, 0.05) is 70.6 Å². The van der Waals surface area contributed by atoms with E-state index < -0.39 is 0 Å². The molecule has 11 aromatic rings. The van der Waals surface area contributed by atoms with E-state index in [0.717, 1.165) is 66.8 Å². The van der Waals surface area contributed by atoms with Gasteiger partial charge in [-0.3, -0.25) is 0 Å². The molecule has 0 fully saturated rings. The SMILES string of the molecule is CC1(C)c2ccccc2-c2cc(N(c3ccc(-c4c5oc(-c6ccccc6)nc5cc5oc6ccccc6c45)cc3)c3ccc4c(c3)sc3ccccc34)ccc21. The number of thiophene rings is 1. The fraction of sp³-hybridized carbons (Fsp3) is 0.0577. The first-order valence-electron chi connectivity index (χ1n) is 19.4. The minimum Gasteiger partial charge on any atom is -0.456 e. The number of hydrogen-bond donors (Lipinski definition) is 0. The molecule has 270 valence electrons. The number of aromatic nitrogens is 1. The van der Waals surface area contributed by atoms with E-state index in [2.05, 4.69) is 140 Å². The van der Waals surface area contributed by atoms with E-state index in [0.29, 0.717) is 5.89 Å². The second kappa shape index (κ2) is 12.0. The average Bonchev–Trinajstić information content (AvgIpc) is 4.00. The monoisotopic (exact) mass is 750 g/mol. The molecule has 0 atom stereocenters. The molecule has 0 radical (unpaired) electrons. The Morgan fingerprint density at radius 2 is 1.19 bits per heavy atom. The van der Waals surface area contributed by atoms with Gasteiger partial charge in [0.15, 0.2) is 5.58 Å². The van der Waals surface area contributed by atoms with Crippen molar-refractivity contribution in [3.8, 4) is 33.7 Å². The summed E-state index contributed by atoms with van der Waals surface area (Å²) in [5.74, 6) is 0.588. The molecular formula is C52H34N2O2S. The quantitative estimate of drug-likeness (QED) is 0.176. The average molecular weight is 751 g/mol. The Labute approximate surface area is 332 Å². The highest BCUT2D eigenvalue weighted by atomic mass is 32.1. The zero-order valence-corrected chi connectivity index (χ0v) is 32.1. The molecule has 0 saturated heterocycles. The van der Waals surface area contributed by atoms with Gasteiger partial charge in [0.25, 0.3) is 0 Å². The molecule has 0 aliphatic heterocycles. The summed E-state index contributed by atoms with van der Waals surface area (Å²) in [7, 11) is 0. The van der Waals surface area contributed by atoms with Crippen LogP contribution in [0.2, 0.25) is 0 Å². The van der Waals surface area contributed by atoms with Gasteiger partial charge in [-0.25, -0.2) is 4.98 Å². The Balaban J connectivity index is 1.06. The van der Waals surface area contributed by atoms with Crippen LogP contribution >= 0.6 is 11.3 Å². The molecule has 8 aromatic carbocycles. The third-order valence-electron chi connectivity index (χ3n) is 11.9. The van der Waals surface area contributed by atoms with E-state index in [9.17, 15) is 0 Å². The first-order chi connectivity index (χ1) is 28.0. The number of benzene rings is 8. The van der Waals surface area contributed by atoms with Crippen LogP contribution < -0.4 is 4.90 Å². The lowest BCUT2D eigenvalue weighted by atomic mass is 9.82. The minimum atomic E-state index is -0.0718. The summed E-state index contributed by atoms with van der Waals surface area (Å²) in [6.45, 7) is 4.67. The van der Waals surface area contributed by atoms with E-state index in [4.69, 9.17) is 13.8 Å². The molecule has 0 amide bonds. The van der Waals surface area contributed by atoms with Crippen molar-refractivity contribution in [3.05, 3.63) is 181 Å². The minimum absolute atomic E-state index is 0.0718. The number of oxazole rings is 1. The highest BCUT2D eigenvalue weighted by molar-refractivity contribution is 7.25. The number of furan rings is 1. The lowest BCUT2D eigenvalue weighted by Crippen LogP contribution is -2.15. The molecule has 0 unspecified atom stereocenters. The van der Waals surface area contributed by atoms with Crippen molar-refractivity contribution in [1.82, 2.24) is 4.98 Å². The molecule has 3 heterocycles. The lowest BCUT2D eigenvalue weighted by molar-refractivity contribution is 0.621. The van der Waals surface area contributed by atoms with Crippen LogP contribution in [0.1, 0.15) is 25.0 Å². The molecule has 4 nitrogen and oxygen atoms in total. The van der Waals surface area contributed by atoms with Gasteiger partial charge in [0.1, 0.15) is 16.7 Å². The maximum absolute atomic E-state index is 6.67. The predicted molar refractivity (Wildman–Crippen MR) is 237 cm³/mol. The molecular weight excluding hydrogens is 717 g/mol. The van der Waals surface area contributed by atoms with E-state index in [-0.39, 0.29) is 5.41 Å². The molecule has 0 saturated carbocycles. The summed E-state index contributed by atoms with van der Waals surface area (Å²) >= 11 is 1.85.